The molecule has 0 aliphatic carbocycles. The van der Waals surface area contributed by atoms with Crippen LogP contribution in [0.1, 0.15) is 21.5 Å². The third-order valence-electron chi connectivity index (χ3n) is 4.34. The molecule has 33 heavy (non-hydrogen) atoms. The Balaban J connectivity index is 1.71. The van der Waals surface area contributed by atoms with Crippen molar-refractivity contribution in [2.45, 2.75) is 6.61 Å². The molecule has 0 atom stereocenters. The van der Waals surface area contributed by atoms with Crippen molar-refractivity contribution in [3.63, 3.8) is 0 Å². The molecule has 0 spiro atoms. The summed E-state index contributed by atoms with van der Waals surface area (Å²) >= 11 is 15.6. The molecule has 1 N–H and O–H groups in total. The number of hydrazone groups is 1. The van der Waals surface area contributed by atoms with E-state index in [2.05, 4.69) is 26.5 Å². The fourth-order valence-corrected chi connectivity index (χ4v) is 3.77. The van der Waals surface area contributed by atoms with Gasteiger partial charge in [0.2, 0.25) is 0 Å². The summed E-state index contributed by atoms with van der Waals surface area (Å²) in [5.41, 5.74) is 3.63. The van der Waals surface area contributed by atoms with Crippen LogP contribution < -0.4 is 14.9 Å². The zero-order valence-electron chi connectivity index (χ0n) is 17.1. The van der Waals surface area contributed by atoms with Crippen molar-refractivity contribution in [3.8, 4) is 11.5 Å². The van der Waals surface area contributed by atoms with Crippen molar-refractivity contribution >= 4 is 56.9 Å². The number of methoxy groups -OCH3 is 1. The van der Waals surface area contributed by atoms with E-state index in [-0.39, 0.29) is 17.9 Å². The van der Waals surface area contributed by atoms with Crippen LogP contribution >= 0.6 is 39.1 Å². The summed E-state index contributed by atoms with van der Waals surface area (Å²) in [7, 11) is 1.49. The summed E-state index contributed by atoms with van der Waals surface area (Å²) in [6, 6.07) is 13.9. The Morgan fingerprint density at radius 2 is 2.00 bits per heavy atom. The van der Waals surface area contributed by atoms with Gasteiger partial charge >= 0.3 is 0 Å². The molecule has 3 aromatic carbocycles. The minimum absolute atomic E-state index is 0.115. The molecule has 3 aromatic rings. The summed E-state index contributed by atoms with van der Waals surface area (Å²) in [4.78, 5) is 22.5. The molecule has 8 nitrogen and oxygen atoms in total. The lowest BCUT2D eigenvalue weighted by Gasteiger charge is -2.14. The number of nitro benzene ring substituents is 1. The maximum atomic E-state index is 12.2. The summed E-state index contributed by atoms with van der Waals surface area (Å²) in [6.45, 7) is 0.192. The van der Waals surface area contributed by atoms with Crippen LogP contribution in [0.15, 0.2) is 64.2 Å². The number of rotatable bonds is 8. The molecule has 0 unspecified atom stereocenters. The lowest BCUT2D eigenvalue weighted by atomic mass is 10.2. The number of nitrogens with zero attached hydrogens (tertiary/aromatic N) is 2. The first-order valence-corrected chi connectivity index (χ1v) is 10.9. The van der Waals surface area contributed by atoms with E-state index >= 15 is 0 Å². The van der Waals surface area contributed by atoms with Gasteiger partial charge in [-0.2, -0.15) is 5.10 Å². The second-order valence-electron chi connectivity index (χ2n) is 6.57. The number of nitro groups is 1. The predicted molar refractivity (Wildman–Crippen MR) is 130 cm³/mol. The number of carbonyl (C=O) groups excluding carboxylic acids is 1. The van der Waals surface area contributed by atoms with E-state index < -0.39 is 10.8 Å². The standard InChI is InChI=1S/C22H16BrCl2N3O5/c1-32-20-8-13(11-26-27-22(29)14-3-2-4-17(9-14)28(30)31)7-18(23)21(20)33-12-15-5-6-16(24)10-19(15)25/h2-11H,12H2,1H3,(H,27,29)/b26-11-. The van der Waals surface area contributed by atoms with Crippen molar-refractivity contribution in [2.75, 3.05) is 7.11 Å². The number of nitrogens with one attached hydrogen (secondary N) is 1. The van der Waals surface area contributed by atoms with E-state index in [1.54, 1.807) is 30.3 Å². The minimum Gasteiger partial charge on any atom is -0.493 e. The van der Waals surface area contributed by atoms with Gasteiger partial charge in [-0.25, -0.2) is 5.43 Å². The minimum atomic E-state index is -0.583. The average molecular weight is 553 g/mol. The van der Waals surface area contributed by atoms with Crippen molar-refractivity contribution in [1.82, 2.24) is 5.43 Å². The Hall–Kier alpha value is -3.14. The molecule has 0 heterocycles. The van der Waals surface area contributed by atoms with Gasteiger partial charge in [-0.15, -0.1) is 0 Å². The quantitative estimate of drug-likeness (QED) is 0.209. The summed E-state index contributed by atoms with van der Waals surface area (Å²) in [5.74, 6) is 0.308. The Kier molecular flexibility index (Phi) is 8.26. The van der Waals surface area contributed by atoms with Gasteiger partial charge in [-0.1, -0.05) is 35.3 Å². The SMILES string of the molecule is COc1cc(/C=N\NC(=O)c2cccc([N+](=O)[O-])c2)cc(Br)c1OCc1ccc(Cl)cc1Cl. The van der Waals surface area contributed by atoms with E-state index in [0.29, 0.717) is 31.6 Å². The summed E-state index contributed by atoms with van der Waals surface area (Å²) < 4.78 is 11.9. The fraction of sp³-hybridized carbons (Fsp3) is 0.0909. The Bertz CT molecular complexity index is 1240. The normalized spacial score (nSPS) is 10.8. The lowest BCUT2D eigenvalue weighted by molar-refractivity contribution is -0.384. The van der Waals surface area contributed by atoms with Gasteiger partial charge in [0.25, 0.3) is 11.6 Å². The van der Waals surface area contributed by atoms with Crippen LogP contribution in [0.2, 0.25) is 10.0 Å². The van der Waals surface area contributed by atoms with Gasteiger partial charge in [0.15, 0.2) is 11.5 Å². The van der Waals surface area contributed by atoms with Crippen molar-refractivity contribution in [3.05, 3.63) is 95.9 Å². The first kappa shape index (κ1) is 24.5. The highest BCUT2D eigenvalue weighted by Crippen LogP contribution is 2.37. The first-order valence-electron chi connectivity index (χ1n) is 9.30. The van der Waals surface area contributed by atoms with E-state index in [9.17, 15) is 14.9 Å². The van der Waals surface area contributed by atoms with Crippen LogP contribution in [-0.2, 0) is 6.61 Å². The lowest BCUT2D eigenvalue weighted by Crippen LogP contribution is -2.17. The van der Waals surface area contributed by atoms with Crippen molar-refractivity contribution < 1.29 is 19.2 Å². The number of halogens is 3. The van der Waals surface area contributed by atoms with Gasteiger partial charge in [-0.3, -0.25) is 14.9 Å². The predicted octanol–water partition coefficient (Wildman–Crippen LogP) is 6.02. The van der Waals surface area contributed by atoms with Crippen molar-refractivity contribution in [2.24, 2.45) is 5.10 Å². The Morgan fingerprint density at radius 3 is 2.70 bits per heavy atom. The molecule has 0 aliphatic heterocycles. The monoisotopic (exact) mass is 551 g/mol. The third-order valence-corrected chi connectivity index (χ3v) is 5.51. The summed E-state index contributed by atoms with van der Waals surface area (Å²) in [6.07, 6.45) is 1.41. The molecule has 170 valence electrons. The topological polar surface area (TPSA) is 103 Å². The maximum absolute atomic E-state index is 12.2. The zero-order valence-corrected chi connectivity index (χ0v) is 20.1. The molecule has 0 fully saturated rings. The van der Waals surface area contributed by atoms with E-state index in [4.69, 9.17) is 32.7 Å². The van der Waals surface area contributed by atoms with Gasteiger partial charge < -0.3 is 9.47 Å². The van der Waals surface area contributed by atoms with E-state index in [1.807, 2.05) is 0 Å². The number of hydrogen-bond acceptors (Lipinski definition) is 6. The molecular formula is C22H16BrCl2N3O5. The second kappa shape index (κ2) is 11.1. The van der Waals surface area contributed by atoms with E-state index in [0.717, 1.165) is 5.56 Å². The van der Waals surface area contributed by atoms with Crippen LogP contribution in [0, 0.1) is 10.1 Å². The highest BCUT2D eigenvalue weighted by atomic mass is 79.9. The number of benzene rings is 3. The molecule has 0 aliphatic rings. The van der Waals surface area contributed by atoms with Crippen LogP contribution in [0.25, 0.3) is 0 Å². The summed E-state index contributed by atoms with van der Waals surface area (Å²) in [5, 5.41) is 15.8. The molecular weight excluding hydrogens is 537 g/mol. The molecule has 0 saturated heterocycles. The van der Waals surface area contributed by atoms with Gasteiger partial charge in [0.05, 0.1) is 22.7 Å². The maximum Gasteiger partial charge on any atom is 0.271 e. The number of ether oxygens (including phenoxy) is 2. The zero-order chi connectivity index (χ0) is 24.0. The van der Waals surface area contributed by atoms with Crippen LogP contribution in [0.5, 0.6) is 11.5 Å². The largest absolute Gasteiger partial charge is 0.493 e. The number of carbonyl (C=O) groups is 1. The second-order valence-corrected chi connectivity index (χ2v) is 8.26. The van der Waals surface area contributed by atoms with Gasteiger partial charge in [0, 0.05) is 33.3 Å². The number of hydrogen-bond donors (Lipinski definition) is 1. The molecule has 0 radical (unpaired) electrons. The number of amides is 1. The smallest absolute Gasteiger partial charge is 0.271 e. The molecule has 3 rings (SSSR count). The molecule has 0 bridgehead atoms. The first-order chi connectivity index (χ1) is 15.8. The molecule has 11 heteroatoms. The average Bonchev–Trinajstić information content (AvgIpc) is 2.79. The fourth-order valence-electron chi connectivity index (χ4n) is 2.73. The Labute approximate surface area is 207 Å². The Morgan fingerprint density at radius 1 is 1.21 bits per heavy atom. The molecule has 1 amide bonds. The van der Waals surface area contributed by atoms with Gasteiger partial charge in [-0.05, 0) is 51.8 Å². The van der Waals surface area contributed by atoms with Gasteiger partial charge in [0.1, 0.15) is 6.61 Å². The number of non-ortho nitro benzene ring substituents is 1. The van der Waals surface area contributed by atoms with E-state index in [1.165, 1.54) is 37.6 Å². The highest BCUT2D eigenvalue weighted by molar-refractivity contribution is 9.10. The third kappa shape index (κ3) is 6.44. The van der Waals surface area contributed by atoms with Crippen LogP contribution in [0.4, 0.5) is 5.69 Å². The highest BCUT2D eigenvalue weighted by Gasteiger charge is 2.13. The van der Waals surface area contributed by atoms with Crippen LogP contribution in [0.3, 0.4) is 0 Å². The molecule has 0 saturated carbocycles. The van der Waals surface area contributed by atoms with Crippen molar-refractivity contribution in [1.29, 1.82) is 0 Å². The molecule has 0 aromatic heterocycles. The van der Waals surface area contributed by atoms with Crippen LogP contribution in [-0.4, -0.2) is 24.2 Å².